The van der Waals surface area contributed by atoms with Crippen molar-refractivity contribution in [1.29, 1.82) is 0 Å². The number of rotatable bonds is 4. The fourth-order valence-electron chi connectivity index (χ4n) is 2.06. The number of nitrogens with one attached hydrogen (secondary N) is 1. The van der Waals surface area contributed by atoms with Gasteiger partial charge in [0.15, 0.2) is 5.25 Å². The van der Waals surface area contributed by atoms with E-state index in [4.69, 9.17) is 5.11 Å². The summed E-state index contributed by atoms with van der Waals surface area (Å²) < 4.78 is 63.0. The molecule has 112 valence electrons. The number of hydrogen-bond acceptors (Lipinski definition) is 3. The molecular formula is C10H16F3NO4S. The van der Waals surface area contributed by atoms with Gasteiger partial charge in [0.25, 0.3) is 0 Å². The molecule has 0 amide bonds. The lowest BCUT2D eigenvalue weighted by Gasteiger charge is -2.31. The summed E-state index contributed by atoms with van der Waals surface area (Å²) in [5.74, 6) is -3.07. The lowest BCUT2D eigenvalue weighted by molar-refractivity contribution is -0.183. The average molecular weight is 303 g/mol. The van der Waals surface area contributed by atoms with Crippen LogP contribution in [-0.2, 0) is 14.8 Å². The standard InChI is InChI=1S/C10H16F3NO4S/c1-6(9(15)16)19(17,18)14-8-4-2-3-7(5-8)10(11,12)13/h6-8,14H,2-5H2,1H3,(H,15,16). The molecule has 0 bridgehead atoms. The van der Waals surface area contributed by atoms with E-state index in [1.807, 2.05) is 0 Å². The zero-order valence-electron chi connectivity index (χ0n) is 10.3. The third-order valence-electron chi connectivity index (χ3n) is 3.28. The second-order valence-electron chi connectivity index (χ2n) is 4.75. The van der Waals surface area contributed by atoms with Gasteiger partial charge in [-0.3, -0.25) is 4.79 Å². The van der Waals surface area contributed by atoms with Crippen LogP contribution in [0.4, 0.5) is 13.2 Å². The van der Waals surface area contributed by atoms with Crippen LogP contribution in [0.25, 0.3) is 0 Å². The lowest BCUT2D eigenvalue weighted by atomic mass is 9.86. The number of alkyl halides is 3. The molecule has 19 heavy (non-hydrogen) atoms. The van der Waals surface area contributed by atoms with E-state index < -0.39 is 39.4 Å². The van der Waals surface area contributed by atoms with Gasteiger partial charge in [-0.25, -0.2) is 13.1 Å². The van der Waals surface area contributed by atoms with Crippen molar-refractivity contribution in [3.8, 4) is 0 Å². The van der Waals surface area contributed by atoms with Crippen molar-refractivity contribution in [3.05, 3.63) is 0 Å². The smallest absolute Gasteiger partial charge is 0.391 e. The van der Waals surface area contributed by atoms with Crippen molar-refractivity contribution in [3.63, 3.8) is 0 Å². The summed E-state index contributed by atoms with van der Waals surface area (Å²) in [6, 6.07) is -0.854. The number of aliphatic carboxylic acids is 1. The van der Waals surface area contributed by atoms with Gasteiger partial charge in [-0.15, -0.1) is 0 Å². The van der Waals surface area contributed by atoms with Crippen molar-refractivity contribution in [2.45, 2.75) is 50.1 Å². The third-order valence-corrected chi connectivity index (χ3v) is 5.08. The molecule has 1 rings (SSSR count). The average Bonchev–Trinajstić information content (AvgIpc) is 2.26. The summed E-state index contributed by atoms with van der Waals surface area (Å²) in [7, 11) is -4.14. The second-order valence-corrected chi connectivity index (χ2v) is 6.78. The van der Waals surface area contributed by atoms with Gasteiger partial charge in [0.1, 0.15) is 0 Å². The maximum Gasteiger partial charge on any atom is 0.391 e. The molecule has 3 unspecified atom stereocenters. The Morgan fingerprint density at radius 3 is 2.42 bits per heavy atom. The van der Waals surface area contributed by atoms with E-state index in [1.165, 1.54) is 0 Å². The molecule has 0 saturated heterocycles. The first kappa shape index (κ1) is 16.2. The summed E-state index contributed by atoms with van der Waals surface area (Å²) in [5, 5.41) is 6.95. The Bertz CT molecular complexity index is 435. The fraction of sp³-hybridized carbons (Fsp3) is 0.900. The maximum absolute atomic E-state index is 12.6. The first-order chi connectivity index (χ1) is 8.54. The van der Waals surface area contributed by atoms with E-state index in [2.05, 4.69) is 4.72 Å². The van der Waals surface area contributed by atoms with E-state index in [1.54, 1.807) is 0 Å². The molecule has 2 N–H and O–H groups in total. The predicted octanol–water partition coefficient (Wildman–Crippen LogP) is 1.50. The molecule has 5 nitrogen and oxygen atoms in total. The van der Waals surface area contributed by atoms with E-state index in [0.717, 1.165) is 6.92 Å². The molecule has 0 aromatic rings. The number of sulfonamides is 1. The summed E-state index contributed by atoms with van der Waals surface area (Å²) in [4.78, 5) is 10.6. The van der Waals surface area contributed by atoms with Crippen LogP contribution in [0.5, 0.6) is 0 Å². The minimum absolute atomic E-state index is 0.0176. The van der Waals surface area contributed by atoms with Crippen LogP contribution in [-0.4, -0.2) is 37.0 Å². The summed E-state index contributed by atoms with van der Waals surface area (Å²) in [5.41, 5.74) is 0. The Labute approximate surface area is 109 Å². The lowest BCUT2D eigenvalue weighted by Crippen LogP contribution is -2.46. The van der Waals surface area contributed by atoms with Crippen LogP contribution in [0.15, 0.2) is 0 Å². The number of halogens is 3. The normalized spacial score (nSPS) is 26.9. The topological polar surface area (TPSA) is 83.5 Å². The number of carbonyl (C=O) groups is 1. The van der Waals surface area contributed by atoms with Crippen molar-refractivity contribution < 1.29 is 31.5 Å². The highest BCUT2D eigenvalue weighted by molar-refractivity contribution is 7.90. The number of carboxylic acids is 1. The molecule has 3 atom stereocenters. The number of hydrogen-bond donors (Lipinski definition) is 2. The van der Waals surface area contributed by atoms with E-state index in [9.17, 15) is 26.4 Å². The Morgan fingerprint density at radius 1 is 1.37 bits per heavy atom. The van der Waals surface area contributed by atoms with E-state index in [-0.39, 0.29) is 25.7 Å². The quantitative estimate of drug-likeness (QED) is 0.824. The van der Waals surface area contributed by atoms with E-state index in [0.29, 0.717) is 0 Å². The monoisotopic (exact) mass is 303 g/mol. The molecule has 0 heterocycles. The first-order valence-corrected chi connectivity index (χ1v) is 7.39. The minimum Gasteiger partial charge on any atom is -0.480 e. The van der Waals surface area contributed by atoms with Gasteiger partial charge in [0.2, 0.25) is 10.0 Å². The van der Waals surface area contributed by atoms with Gasteiger partial charge >= 0.3 is 12.1 Å². The zero-order valence-corrected chi connectivity index (χ0v) is 11.1. The molecule has 1 aliphatic carbocycles. The molecule has 0 spiro atoms. The van der Waals surface area contributed by atoms with Crippen LogP contribution in [0, 0.1) is 5.92 Å². The van der Waals surface area contributed by atoms with Crippen molar-refractivity contribution in [2.75, 3.05) is 0 Å². The highest BCUT2D eigenvalue weighted by Crippen LogP contribution is 2.37. The van der Waals surface area contributed by atoms with Crippen LogP contribution in [0.1, 0.15) is 32.6 Å². The Balaban J connectivity index is 2.70. The van der Waals surface area contributed by atoms with E-state index >= 15 is 0 Å². The summed E-state index contributed by atoms with van der Waals surface area (Å²) in [6.45, 7) is 0.981. The van der Waals surface area contributed by atoms with Crippen LogP contribution >= 0.6 is 0 Å². The molecule has 9 heteroatoms. The largest absolute Gasteiger partial charge is 0.480 e. The van der Waals surface area contributed by atoms with Gasteiger partial charge in [-0.05, 0) is 26.2 Å². The molecule has 0 aromatic carbocycles. The molecular weight excluding hydrogens is 287 g/mol. The second kappa shape index (κ2) is 5.66. The molecule has 0 aromatic heterocycles. The zero-order chi connectivity index (χ0) is 14.8. The predicted molar refractivity (Wildman–Crippen MR) is 61.0 cm³/mol. The molecule has 1 aliphatic rings. The summed E-state index contributed by atoms with van der Waals surface area (Å²) in [6.07, 6.45) is -4.15. The van der Waals surface area contributed by atoms with Crippen molar-refractivity contribution >= 4 is 16.0 Å². The van der Waals surface area contributed by atoms with Gasteiger partial charge in [-0.2, -0.15) is 13.2 Å². The minimum atomic E-state index is -4.34. The van der Waals surface area contributed by atoms with Gasteiger partial charge < -0.3 is 5.11 Å². The molecule has 0 aliphatic heterocycles. The highest BCUT2D eigenvalue weighted by atomic mass is 32.2. The van der Waals surface area contributed by atoms with Crippen LogP contribution in [0.2, 0.25) is 0 Å². The number of carboxylic acid groups (broad SMARTS) is 1. The van der Waals surface area contributed by atoms with Crippen molar-refractivity contribution in [2.24, 2.45) is 5.92 Å². The fourth-order valence-corrected chi connectivity index (χ4v) is 3.21. The van der Waals surface area contributed by atoms with Crippen LogP contribution in [0.3, 0.4) is 0 Å². The Hall–Kier alpha value is -0.830. The Morgan fingerprint density at radius 2 is 1.95 bits per heavy atom. The Kier molecular flexibility index (Phi) is 4.83. The van der Waals surface area contributed by atoms with Crippen molar-refractivity contribution in [1.82, 2.24) is 4.72 Å². The SMILES string of the molecule is CC(C(=O)O)S(=O)(=O)NC1CCCC(C(F)(F)F)C1. The molecule has 1 fully saturated rings. The first-order valence-electron chi connectivity index (χ1n) is 5.84. The van der Waals surface area contributed by atoms with Gasteiger partial charge in [-0.1, -0.05) is 6.42 Å². The summed E-state index contributed by atoms with van der Waals surface area (Å²) >= 11 is 0. The van der Waals surface area contributed by atoms with Gasteiger partial charge in [0.05, 0.1) is 5.92 Å². The maximum atomic E-state index is 12.6. The third kappa shape index (κ3) is 4.34. The van der Waals surface area contributed by atoms with Crippen LogP contribution < -0.4 is 4.72 Å². The molecule has 0 radical (unpaired) electrons. The highest BCUT2D eigenvalue weighted by Gasteiger charge is 2.43. The molecule has 1 saturated carbocycles. The van der Waals surface area contributed by atoms with Gasteiger partial charge in [0, 0.05) is 6.04 Å².